The molecule has 1 heterocycles. The third kappa shape index (κ3) is 1.18. The van der Waals surface area contributed by atoms with Gasteiger partial charge < -0.3 is 14.9 Å². The average molecular weight is 182 g/mol. The first-order valence-corrected chi connectivity index (χ1v) is 3.60. The summed E-state index contributed by atoms with van der Waals surface area (Å²) in [5, 5.41) is 0. The van der Waals surface area contributed by atoms with Crippen molar-refractivity contribution in [1.29, 1.82) is 0 Å². The lowest BCUT2D eigenvalue weighted by molar-refractivity contribution is 0.408. The SMILES string of the molecule is COc1cc(F)cc2nc(N)oc12. The first-order chi connectivity index (χ1) is 6.20. The van der Waals surface area contributed by atoms with Crippen LogP contribution in [0.2, 0.25) is 0 Å². The van der Waals surface area contributed by atoms with Crippen LogP contribution < -0.4 is 10.5 Å². The number of aromatic nitrogens is 1. The maximum absolute atomic E-state index is 12.9. The lowest BCUT2D eigenvalue weighted by atomic mass is 10.3. The number of ether oxygens (including phenoxy) is 1. The summed E-state index contributed by atoms with van der Waals surface area (Å²) in [4.78, 5) is 3.77. The third-order valence-electron chi connectivity index (χ3n) is 1.66. The van der Waals surface area contributed by atoms with Crippen molar-refractivity contribution in [2.24, 2.45) is 0 Å². The number of anilines is 1. The van der Waals surface area contributed by atoms with Gasteiger partial charge in [0.2, 0.25) is 0 Å². The number of oxazole rings is 1. The highest BCUT2D eigenvalue weighted by Crippen LogP contribution is 2.28. The smallest absolute Gasteiger partial charge is 0.293 e. The highest BCUT2D eigenvalue weighted by Gasteiger charge is 2.10. The fourth-order valence-electron chi connectivity index (χ4n) is 1.14. The van der Waals surface area contributed by atoms with Gasteiger partial charge in [-0.15, -0.1) is 0 Å². The summed E-state index contributed by atoms with van der Waals surface area (Å²) in [6.07, 6.45) is 0. The zero-order chi connectivity index (χ0) is 9.42. The van der Waals surface area contributed by atoms with E-state index in [-0.39, 0.29) is 6.01 Å². The van der Waals surface area contributed by atoms with Crippen molar-refractivity contribution in [1.82, 2.24) is 4.98 Å². The Morgan fingerprint density at radius 1 is 1.54 bits per heavy atom. The number of nitrogens with two attached hydrogens (primary N) is 1. The molecule has 0 radical (unpaired) electrons. The molecule has 0 aliphatic rings. The van der Waals surface area contributed by atoms with Gasteiger partial charge in [-0.3, -0.25) is 0 Å². The zero-order valence-electron chi connectivity index (χ0n) is 6.87. The molecule has 0 saturated heterocycles. The number of nitrogens with zero attached hydrogens (tertiary/aromatic N) is 1. The normalized spacial score (nSPS) is 10.6. The summed E-state index contributed by atoms with van der Waals surface area (Å²) in [6, 6.07) is 2.45. The number of methoxy groups -OCH3 is 1. The predicted molar refractivity (Wildman–Crippen MR) is 44.9 cm³/mol. The quantitative estimate of drug-likeness (QED) is 0.726. The molecule has 2 N–H and O–H groups in total. The van der Waals surface area contributed by atoms with Crippen molar-refractivity contribution < 1.29 is 13.5 Å². The molecule has 5 heteroatoms. The summed E-state index contributed by atoms with van der Waals surface area (Å²) >= 11 is 0. The number of fused-ring (bicyclic) bond motifs is 1. The van der Waals surface area contributed by atoms with E-state index < -0.39 is 5.82 Å². The summed E-state index contributed by atoms with van der Waals surface area (Å²) in [5.41, 5.74) is 6.03. The summed E-state index contributed by atoms with van der Waals surface area (Å²) in [6.45, 7) is 0. The Hall–Kier alpha value is -1.78. The van der Waals surface area contributed by atoms with Crippen molar-refractivity contribution in [2.45, 2.75) is 0 Å². The van der Waals surface area contributed by atoms with Crippen LogP contribution in [0.1, 0.15) is 0 Å². The van der Waals surface area contributed by atoms with Crippen LogP contribution in [0, 0.1) is 5.82 Å². The van der Waals surface area contributed by atoms with Crippen molar-refractivity contribution in [3.63, 3.8) is 0 Å². The minimum absolute atomic E-state index is 0.00102. The van der Waals surface area contributed by atoms with Gasteiger partial charge in [0.15, 0.2) is 11.3 Å². The Kier molecular flexibility index (Phi) is 1.58. The van der Waals surface area contributed by atoms with Gasteiger partial charge in [-0.1, -0.05) is 0 Å². The van der Waals surface area contributed by atoms with E-state index in [4.69, 9.17) is 14.9 Å². The van der Waals surface area contributed by atoms with Gasteiger partial charge >= 0.3 is 0 Å². The number of halogens is 1. The van der Waals surface area contributed by atoms with Crippen LogP contribution in [0.3, 0.4) is 0 Å². The minimum Gasteiger partial charge on any atom is -0.493 e. The molecular formula is C8H7FN2O2. The zero-order valence-corrected chi connectivity index (χ0v) is 6.87. The fraction of sp³-hybridized carbons (Fsp3) is 0.125. The van der Waals surface area contributed by atoms with Crippen LogP contribution in [0.25, 0.3) is 11.1 Å². The molecule has 0 fully saturated rings. The van der Waals surface area contributed by atoms with E-state index in [1.165, 1.54) is 19.2 Å². The summed E-state index contributed by atoms with van der Waals surface area (Å²) in [7, 11) is 1.42. The highest BCUT2D eigenvalue weighted by molar-refractivity contribution is 5.80. The molecule has 0 aliphatic carbocycles. The largest absolute Gasteiger partial charge is 0.493 e. The molecule has 0 amide bonds. The van der Waals surface area contributed by atoms with Crippen molar-refractivity contribution in [3.05, 3.63) is 17.9 Å². The molecule has 0 atom stereocenters. The van der Waals surface area contributed by atoms with Crippen molar-refractivity contribution in [3.8, 4) is 5.75 Å². The lowest BCUT2D eigenvalue weighted by Crippen LogP contribution is -1.85. The second kappa shape index (κ2) is 2.62. The molecule has 0 bridgehead atoms. The Balaban J connectivity index is 2.80. The van der Waals surface area contributed by atoms with E-state index in [9.17, 15) is 4.39 Å². The Bertz CT molecular complexity index is 453. The van der Waals surface area contributed by atoms with Crippen LogP contribution in [-0.2, 0) is 0 Å². The van der Waals surface area contributed by atoms with Gasteiger partial charge in [0, 0.05) is 12.1 Å². The number of benzene rings is 1. The molecule has 13 heavy (non-hydrogen) atoms. The molecule has 0 unspecified atom stereocenters. The Morgan fingerprint density at radius 2 is 2.31 bits per heavy atom. The second-order valence-corrected chi connectivity index (χ2v) is 2.51. The van der Waals surface area contributed by atoms with Gasteiger partial charge in [0.25, 0.3) is 6.01 Å². The van der Waals surface area contributed by atoms with Gasteiger partial charge in [-0.25, -0.2) is 4.39 Å². The summed E-state index contributed by atoms with van der Waals surface area (Å²) < 4.78 is 22.8. The van der Waals surface area contributed by atoms with E-state index in [0.717, 1.165) is 0 Å². The number of hydrogen-bond acceptors (Lipinski definition) is 4. The van der Waals surface area contributed by atoms with Crippen molar-refractivity contribution >= 4 is 17.1 Å². The second-order valence-electron chi connectivity index (χ2n) is 2.51. The third-order valence-corrected chi connectivity index (χ3v) is 1.66. The molecule has 0 saturated carbocycles. The Labute approximate surface area is 73.1 Å². The molecule has 4 nitrogen and oxygen atoms in total. The average Bonchev–Trinajstić information content (AvgIpc) is 2.43. The first kappa shape index (κ1) is 7.85. The van der Waals surface area contributed by atoms with Crippen LogP contribution in [0.5, 0.6) is 5.75 Å². The van der Waals surface area contributed by atoms with Gasteiger partial charge in [-0.05, 0) is 0 Å². The van der Waals surface area contributed by atoms with Crippen molar-refractivity contribution in [2.75, 3.05) is 12.8 Å². The molecule has 68 valence electrons. The molecule has 1 aromatic heterocycles. The summed E-state index contributed by atoms with van der Waals surface area (Å²) in [5.74, 6) is -0.142. The van der Waals surface area contributed by atoms with E-state index >= 15 is 0 Å². The van der Waals surface area contributed by atoms with Gasteiger partial charge in [0.1, 0.15) is 11.3 Å². The van der Waals surface area contributed by atoms with Gasteiger partial charge in [0.05, 0.1) is 7.11 Å². The molecule has 2 aromatic rings. The topological polar surface area (TPSA) is 61.3 Å². The van der Waals surface area contributed by atoms with E-state index in [0.29, 0.717) is 16.8 Å². The molecular weight excluding hydrogens is 175 g/mol. The van der Waals surface area contributed by atoms with Crippen LogP contribution in [0.15, 0.2) is 16.5 Å². The first-order valence-electron chi connectivity index (χ1n) is 3.60. The predicted octanol–water partition coefficient (Wildman–Crippen LogP) is 1.56. The molecule has 0 spiro atoms. The lowest BCUT2D eigenvalue weighted by Gasteiger charge is -1.98. The fourth-order valence-corrected chi connectivity index (χ4v) is 1.14. The van der Waals surface area contributed by atoms with Crippen LogP contribution in [0.4, 0.5) is 10.4 Å². The van der Waals surface area contributed by atoms with Crippen LogP contribution in [-0.4, -0.2) is 12.1 Å². The minimum atomic E-state index is -0.433. The maximum atomic E-state index is 12.9. The number of rotatable bonds is 1. The Morgan fingerprint density at radius 3 is 3.00 bits per heavy atom. The maximum Gasteiger partial charge on any atom is 0.293 e. The number of hydrogen-bond donors (Lipinski definition) is 1. The molecule has 2 rings (SSSR count). The van der Waals surface area contributed by atoms with Crippen LogP contribution >= 0.6 is 0 Å². The van der Waals surface area contributed by atoms with E-state index in [1.807, 2.05) is 0 Å². The number of nitrogen functional groups attached to an aromatic ring is 1. The monoisotopic (exact) mass is 182 g/mol. The van der Waals surface area contributed by atoms with Gasteiger partial charge in [-0.2, -0.15) is 4.98 Å². The highest BCUT2D eigenvalue weighted by atomic mass is 19.1. The van der Waals surface area contributed by atoms with E-state index in [2.05, 4.69) is 4.98 Å². The standard InChI is InChI=1S/C8H7FN2O2/c1-12-6-3-4(9)2-5-7(6)13-8(10)11-5/h2-3H,1H3,(H2,10,11). The molecule has 1 aromatic carbocycles. The van der Waals surface area contributed by atoms with E-state index in [1.54, 1.807) is 0 Å². The molecule has 0 aliphatic heterocycles.